The summed E-state index contributed by atoms with van der Waals surface area (Å²) in [7, 11) is 0. The number of ether oxygens (including phenoxy) is 3. The van der Waals surface area contributed by atoms with E-state index in [-0.39, 0.29) is 18.4 Å². The van der Waals surface area contributed by atoms with Crippen molar-refractivity contribution in [3.8, 4) is 11.5 Å². The SMILES string of the molecule is CCCOc1ccc(OCC(=O)Nc2cccc(C(=O)NCCCOCC)c2)cc1. The van der Waals surface area contributed by atoms with Crippen LogP contribution in [-0.2, 0) is 9.53 Å². The van der Waals surface area contributed by atoms with Crippen LogP contribution in [0, 0.1) is 0 Å². The fraction of sp³-hybridized carbons (Fsp3) is 0.391. The second-order valence-corrected chi connectivity index (χ2v) is 6.54. The average Bonchev–Trinajstić information content (AvgIpc) is 2.77. The van der Waals surface area contributed by atoms with Crippen molar-refractivity contribution in [2.45, 2.75) is 26.7 Å². The summed E-state index contributed by atoms with van der Waals surface area (Å²) in [4.78, 5) is 24.4. The van der Waals surface area contributed by atoms with Gasteiger partial charge < -0.3 is 24.8 Å². The van der Waals surface area contributed by atoms with Gasteiger partial charge in [-0.25, -0.2) is 0 Å². The van der Waals surface area contributed by atoms with E-state index < -0.39 is 0 Å². The van der Waals surface area contributed by atoms with Crippen molar-refractivity contribution in [3.05, 3.63) is 54.1 Å². The minimum absolute atomic E-state index is 0.136. The number of nitrogens with one attached hydrogen (secondary N) is 2. The van der Waals surface area contributed by atoms with Gasteiger partial charge in [-0.1, -0.05) is 13.0 Å². The van der Waals surface area contributed by atoms with Gasteiger partial charge in [-0.3, -0.25) is 9.59 Å². The van der Waals surface area contributed by atoms with Crippen molar-refractivity contribution < 1.29 is 23.8 Å². The lowest BCUT2D eigenvalue weighted by molar-refractivity contribution is -0.118. The topological polar surface area (TPSA) is 85.9 Å². The lowest BCUT2D eigenvalue weighted by atomic mass is 10.2. The monoisotopic (exact) mass is 414 g/mol. The molecule has 2 amide bonds. The molecule has 7 nitrogen and oxygen atoms in total. The highest BCUT2D eigenvalue weighted by Gasteiger charge is 2.08. The summed E-state index contributed by atoms with van der Waals surface area (Å²) >= 11 is 0. The second-order valence-electron chi connectivity index (χ2n) is 6.54. The Morgan fingerprint density at radius 2 is 1.67 bits per heavy atom. The van der Waals surface area contributed by atoms with Crippen LogP contribution in [0.15, 0.2) is 48.5 Å². The van der Waals surface area contributed by atoms with E-state index in [1.54, 1.807) is 48.5 Å². The van der Waals surface area contributed by atoms with Crippen molar-refractivity contribution in [1.29, 1.82) is 0 Å². The Morgan fingerprint density at radius 1 is 0.933 bits per heavy atom. The lowest BCUT2D eigenvalue weighted by Crippen LogP contribution is -2.25. The number of carbonyl (C=O) groups excluding carboxylic acids is 2. The Bertz CT molecular complexity index is 792. The molecule has 0 aromatic heterocycles. The molecule has 2 aromatic carbocycles. The Labute approximate surface area is 177 Å². The zero-order valence-corrected chi connectivity index (χ0v) is 17.6. The van der Waals surface area contributed by atoms with E-state index in [2.05, 4.69) is 10.6 Å². The van der Waals surface area contributed by atoms with E-state index in [9.17, 15) is 9.59 Å². The smallest absolute Gasteiger partial charge is 0.262 e. The largest absolute Gasteiger partial charge is 0.494 e. The summed E-state index contributed by atoms with van der Waals surface area (Å²) in [5.41, 5.74) is 1.02. The Balaban J connectivity index is 1.78. The number of benzene rings is 2. The van der Waals surface area contributed by atoms with Crippen LogP contribution < -0.4 is 20.1 Å². The molecule has 2 N–H and O–H groups in total. The van der Waals surface area contributed by atoms with Crippen LogP contribution in [0.3, 0.4) is 0 Å². The van der Waals surface area contributed by atoms with Crippen molar-refractivity contribution >= 4 is 17.5 Å². The molecule has 162 valence electrons. The molecule has 7 heteroatoms. The third-order valence-electron chi connectivity index (χ3n) is 4.03. The van der Waals surface area contributed by atoms with E-state index >= 15 is 0 Å². The molecule has 30 heavy (non-hydrogen) atoms. The van der Waals surface area contributed by atoms with Crippen LogP contribution in [-0.4, -0.2) is 44.8 Å². The summed E-state index contributed by atoms with van der Waals surface area (Å²) < 4.78 is 16.3. The number of carbonyl (C=O) groups is 2. The molecular weight excluding hydrogens is 384 g/mol. The Hall–Kier alpha value is -3.06. The van der Waals surface area contributed by atoms with Crippen molar-refractivity contribution in [3.63, 3.8) is 0 Å². The predicted octanol–water partition coefficient (Wildman–Crippen LogP) is 3.65. The van der Waals surface area contributed by atoms with Crippen LogP contribution in [0.25, 0.3) is 0 Å². The Morgan fingerprint density at radius 3 is 2.37 bits per heavy atom. The third kappa shape index (κ3) is 8.53. The number of amides is 2. The molecule has 0 fully saturated rings. The molecule has 0 atom stereocenters. The molecule has 0 heterocycles. The van der Waals surface area contributed by atoms with Crippen molar-refractivity contribution in [1.82, 2.24) is 5.32 Å². The minimum atomic E-state index is -0.310. The number of rotatable bonds is 13. The summed E-state index contributed by atoms with van der Waals surface area (Å²) in [5.74, 6) is 0.843. The summed E-state index contributed by atoms with van der Waals surface area (Å²) in [6, 6.07) is 13.9. The molecular formula is C23H30N2O5. The average molecular weight is 415 g/mol. The molecule has 0 saturated carbocycles. The molecule has 0 saturated heterocycles. The van der Waals surface area contributed by atoms with E-state index in [0.29, 0.717) is 43.4 Å². The molecule has 0 unspecified atom stereocenters. The highest BCUT2D eigenvalue weighted by molar-refractivity contribution is 5.97. The zero-order valence-electron chi connectivity index (χ0n) is 17.6. The van der Waals surface area contributed by atoms with Gasteiger partial charge in [0.15, 0.2) is 6.61 Å². The van der Waals surface area contributed by atoms with Gasteiger partial charge in [0.1, 0.15) is 11.5 Å². The quantitative estimate of drug-likeness (QED) is 0.489. The van der Waals surface area contributed by atoms with Gasteiger partial charge in [-0.15, -0.1) is 0 Å². The summed E-state index contributed by atoms with van der Waals surface area (Å²) in [5, 5.41) is 5.58. The van der Waals surface area contributed by atoms with Crippen LogP contribution in [0.1, 0.15) is 37.0 Å². The van der Waals surface area contributed by atoms with E-state index in [4.69, 9.17) is 14.2 Å². The van der Waals surface area contributed by atoms with Gasteiger partial charge >= 0.3 is 0 Å². The van der Waals surface area contributed by atoms with E-state index in [0.717, 1.165) is 18.6 Å². The second kappa shape index (κ2) is 13.2. The van der Waals surface area contributed by atoms with Crippen LogP contribution in [0.2, 0.25) is 0 Å². The predicted molar refractivity (Wildman–Crippen MR) is 116 cm³/mol. The normalized spacial score (nSPS) is 10.3. The van der Waals surface area contributed by atoms with Gasteiger partial charge in [0.2, 0.25) is 0 Å². The summed E-state index contributed by atoms with van der Waals surface area (Å²) in [6.45, 7) is 6.31. The molecule has 0 bridgehead atoms. The first-order valence-corrected chi connectivity index (χ1v) is 10.2. The molecule has 2 aromatic rings. The van der Waals surface area contributed by atoms with Gasteiger partial charge in [-0.05, 0) is 62.2 Å². The number of hydrogen-bond acceptors (Lipinski definition) is 5. The third-order valence-corrected chi connectivity index (χ3v) is 4.03. The highest BCUT2D eigenvalue weighted by atomic mass is 16.5. The first-order chi connectivity index (χ1) is 14.6. The molecule has 0 aliphatic heterocycles. The maximum atomic E-state index is 12.2. The highest BCUT2D eigenvalue weighted by Crippen LogP contribution is 2.18. The number of anilines is 1. The van der Waals surface area contributed by atoms with Crippen molar-refractivity contribution in [2.75, 3.05) is 38.3 Å². The zero-order chi connectivity index (χ0) is 21.6. The van der Waals surface area contributed by atoms with E-state index in [1.165, 1.54) is 0 Å². The lowest BCUT2D eigenvalue weighted by Gasteiger charge is -2.10. The number of hydrogen-bond donors (Lipinski definition) is 2. The molecule has 0 spiro atoms. The molecule has 0 radical (unpaired) electrons. The fourth-order valence-electron chi connectivity index (χ4n) is 2.56. The van der Waals surface area contributed by atoms with Gasteiger partial charge in [0.05, 0.1) is 6.61 Å². The fourth-order valence-corrected chi connectivity index (χ4v) is 2.56. The standard InChI is InChI=1S/C23H30N2O5/c1-3-14-29-20-9-11-21(12-10-20)30-17-22(26)25-19-8-5-7-18(16-19)23(27)24-13-6-15-28-4-2/h5,7-12,16H,3-4,6,13-15,17H2,1-2H3,(H,24,27)(H,25,26). The maximum absolute atomic E-state index is 12.2. The van der Waals surface area contributed by atoms with Crippen LogP contribution >= 0.6 is 0 Å². The van der Waals surface area contributed by atoms with Gasteiger partial charge in [0, 0.05) is 31.0 Å². The van der Waals surface area contributed by atoms with Crippen molar-refractivity contribution in [2.24, 2.45) is 0 Å². The Kier molecular flexibility index (Phi) is 10.2. The van der Waals surface area contributed by atoms with Crippen LogP contribution in [0.4, 0.5) is 5.69 Å². The minimum Gasteiger partial charge on any atom is -0.494 e. The first-order valence-electron chi connectivity index (χ1n) is 10.2. The maximum Gasteiger partial charge on any atom is 0.262 e. The molecule has 0 aliphatic rings. The van der Waals surface area contributed by atoms with Gasteiger partial charge in [-0.2, -0.15) is 0 Å². The van der Waals surface area contributed by atoms with Gasteiger partial charge in [0.25, 0.3) is 11.8 Å². The van der Waals surface area contributed by atoms with Crippen LogP contribution in [0.5, 0.6) is 11.5 Å². The summed E-state index contributed by atoms with van der Waals surface area (Å²) in [6.07, 6.45) is 1.69. The first kappa shape index (κ1) is 23.2. The molecule has 0 aliphatic carbocycles. The molecule has 2 rings (SSSR count). The van der Waals surface area contributed by atoms with E-state index in [1.807, 2.05) is 13.8 Å².